The van der Waals surface area contributed by atoms with Crippen LogP contribution in [0.1, 0.15) is 49.9 Å². The Morgan fingerprint density at radius 1 is 1.23 bits per heavy atom. The Balaban J connectivity index is 0.00000450. The van der Waals surface area contributed by atoms with Crippen molar-refractivity contribution in [2.75, 3.05) is 40.6 Å². The maximum atomic E-state index is 13.4. The second-order valence-electron chi connectivity index (χ2n) is 7.72. The highest BCUT2D eigenvalue weighted by atomic mass is 35.5. The zero-order valence-corrected chi connectivity index (χ0v) is 19.4. The van der Waals surface area contributed by atoms with Crippen molar-refractivity contribution in [3.05, 3.63) is 23.8 Å². The van der Waals surface area contributed by atoms with Gasteiger partial charge >= 0.3 is 0 Å². The number of rotatable bonds is 11. The van der Waals surface area contributed by atoms with E-state index < -0.39 is 0 Å². The summed E-state index contributed by atoms with van der Waals surface area (Å²) in [7, 11) is 3.25. The molecule has 0 radical (unpaired) electrons. The van der Waals surface area contributed by atoms with Crippen molar-refractivity contribution in [2.24, 2.45) is 0 Å². The van der Waals surface area contributed by atoms with E-state index in [0.717, 1.165) is 32.2 Å². The van der Waals surface area contributed by atoms with Gasteiger partial charge in [-0.3, -0.25) is 4.79 Å². The largest absolute Gasteiger partial charge is 0.493 e. The number of nitrogens with zero attached hydrogens (tertiary/aromatic N) is 1. The van der Waals surface area contributed by atoms with Gasteiger partial charge in [0.1, 0.15) is 0 Å². The number of carbonyl (C=O) groups is 1. The van der Waals surface area contributed by atoms with Crippen molar-refractivity contribution in [3.63, 3.8) is 0 Å². The second-order valence-corrected chi connectivity index (χ2v) is 7.72. The highest BCUT2D eigenvalue weighted by molar-refractivity contribution is 5.95. The van der Waals surface area contributed by atoms with E-state index in [4.69, 9.17) is 19.3 Å². The van der Waals surface area contributed by atoms with Crippen LogP contribution in [0, 0.1) is 0 Å². The standard InChI is InChI=1S/C22H36N2O5.ClH/c1-16(2)24(19-8-7-18(10-11-25)23-15-19)22(26)17-6-9-20(28-4)21(14-17)29-13-5-12-27-3;/h6,9,14,16,18-19,23,25H,5,7-8,10-13,15H2,1-4H3;1H/t18-,19-;/m1./s1. The molecule has 172 valence electrons. The first-order valence-electron chi connectivity index (χ1n) is 10.5. The van der Waals surface area contributed by atoms with Gasteiger partial charge in [0.25, 0.3) is 5.91 Å². The van der Waals surface area contributed by atoms with Crippen LogP contribution in [0.25, 0.3) is 0 Å². The summed E-state index contributed by atoms with van der Waals surface area (Å²) in [5.74, 6) is 1.18. The van der Waals surface area contributed by atoms with Crippen LogP contribution in [-0.4, -0.2) is 74.6 Å². The first-order chi connectivity index (χ1) is 14.0. The number of piperidine rings is 1. The van der Waals surface area contributed by atoms with Crippen LogP contribution in [0.4, 0.5) is 0 Å². The monoisotopic (exact) mass is 444 g/mol. The number of aliphatic hydroxyl groups excluding tert-OH is 1. The molecule has 1 aliphatic rings. The lowest BCUT2D eigenvalue weighted by molar-refractivity contribution is 0.0548. The van der Waals surface area contributed by atoms with Crippen molar-refractivity contribution < 1.29 is 24.1 Å². The predicted octanol–water partition coefficient (Wildman–Crippen LogP) is 2.89. The minimum absolute atomic E-state index is 0. The van der Waals surface area contributed by atoms with Gasteiger partial charge in [0.05, 0.1) is 13.7 Å². The number of hydrogen-bond donors (Lipinski definition) is 2. The summed E-state index contributed by atoms with van der Waals surface area (Å²) < 4.78 is 16.3. The molecule has 0 saturated carbocycles. The molecule has 1 amide bonds. The topological polar surface area (TPSA) is 80.3 Å². The molecule has 1 aliphatic heterocycles. The highest BCUT2D eigenvalue weighted by Crippen LogP contribution is 2.30. The summed E-state index contributed by atoms with van der Waals surface area (Å²) >= 11 is 0. The molecule has 0 aliphatic carbocycles. The summed E-state index contributed by atoms with van der Waals surface area (Å²) in [6.45, 7) is 6.13. The summed E-state index contributed by atoms with van der Waals surface area (Å²) in [6, 6.07) is 5.89. The SMILES string of the molecule is COCCCOc1cc(C(=O)N(C(C)C)[C@@H]2CC[C@H](CCO)NC2)ccc1OC.Cl. The van der Waals surface area contributed by atoms with Crippen molar-refractivity contribution in [1.82, 2.24) is 10.2 Å². The van der Waals surface area contributed by atoms with Gasteiger partial charge in [-0.1, -0.05) is 0 Å². The third-order valence-corrected chi connectivity index (χ3v) is 5.31. The molecule has 8 heteroatoms. The molecule has 1 fully saturated rings. The summed E-state index contributed by atoms with van der Waals surface area (Å²) in [5.41, 5.74) is 0.596. The van der Waals surface area contributed by atoms with E-state index in [0.29, 0.717) is 36.3 Å². The molecule has 2 atom stereocenters. The van der Waals surface area contributed by atoms with Crippen LogP contribution in [0.2, 0.25) is 0 Å². The lowest BCUT2D eigenvalue weighted by Crippen LogP contribution is -2.54. The lowest BCUT2D eigenvalue weighted by atomic mass is 9.96. The number of aliphatic hydroxyl groups is 1. The summed E-state index contributed by atoms with van der Waals surface area (Å²) in [5, 5.41) is 12.6. The number of nitrogens with one attached hydrogen (secondary N) is 1. The zero-order valence-electron chi connectivity index (χ0n) is 18.6. The van der Waals surface area contributed by atoms with Crippen LogP contribution < -0.4 is 14.8 Å². The fourth-order valence-electron chi connectivity index (χ4n) is 3.82. The minimum atomic E-state index is -0.00296. The van der Waals surface area contributed by atoms with E-state index in [1.54, 1.807) is 32.4 Å². The average Bonchev–Trinajstić information content (AvgIpc) is 2.72. The number of amides is 1. The van der Waals surface area contributed by atoms with E-state index in [9.17, 15) is 4.79 Å². The molecular weight excluding hydrogens is 408 g/mol. The van der Waals surface area contributed by atoms with Gasteiger partial charge in [-0.05, 0) is 51.3 Å². The van der Waals surface area contributed by atoms with Crippen molar-refractivity contribution in [2.45, 2.75) is 57.7 Å². The molecule has 30 heavy (non-hydrogen) atoms. The molecule has 1 heterocycles. The molecule has 0 bridgehead atoms. The zero-order chi connectivity index (χ0) is 21.2. The van der Waals surface area contributed by atoms with Crippen LogP contribution in [0.5, 0.6) is 11.5 Å². The normalized spacial score (nSPS) is 18.6. The predicted molar refractivity (Wildman–Crippen MR) is 120 cm³/mol. The van der Waals surface area contributed by atoms with Crippen LogP contribution in [0.15, 0.2) is 18.2 Å². The molecule has 1 aromatic rings. The van der Waals surface area contributed by atoms with Crippen molar-refractivity contribution in [1.29, 1.82) is 0 Å². The first kappa shape index (κ1) is 26.5. The molecule has 0 aromatic heterocycles. The number of ether oxygens (including phenoxy) is 3. The lowest BCUT2D eigenvalue weighted by Gasteiger charge is -2.40. The molecule has 0 spiro atoms. The third-order valence-electron chi connectivity index (χ3n) is 5.31. The van der Waals surface area contributed by atoms with E-state index in [-0.39, 0.29) is 37.0 Å². The highest BCUT2D eigenvalue weighted by Gasteiger charge is 2.31. The van der Waals surface area contributed by atoms with Gasteiger partial charge in [-0.15, -0.1) is 12.4 Å². The average molecular weight is 445 g/mol. The van der Waals surface area contributed by atoms with E-state index >= 15 is 0 Å². The Bertz CT molecular complexity index is 636. The molecule has 2 rings (SSSR count). The van der Waals surface area contributed by atoms with E-state index in [1.807, 2.05) is 18.7 Å². The summed E-state index contributed by atoms with van der Waals surface area (Å²) in [4.78, 5) is 15.3. The van der Waals surface area contributed by atoms with Gasteiger partial charge in [-0.2, -0.15) is 0 Å². The van der Waals surface area contributed by atoms with Crippen molar-refractivity contribution in [3.8, 4) is 11.5 Å². The third kappa shape index (κ3) is 7.30. The quantitative estimate of drug-likeness (QED) is 0.511. The Kier molecular flexibility index (Phi) is 12.1. The Morgan fingerprint density at radius 2 is 2.00 bits per heavy atom. The molecule has 1 saturated heterocycles. The number of carbonyl (C=O) groups excluding carboxylic acids is 1. The molecule has 2 N–H and O–H groups in total. The maximum Gasteiger partial charge on any atom is 0.254 e. The first-order valence-corrected chi connectivity index (χ1v) is 10.5. The fourth-order valence-corrected chi connectivity index (χ4v) is 3.82. The molecule has 0 unspecified atom stereocenters. The minimum Gasteiger partial charge on any atom is -0.493 e. The van der Waals surface area contributed by atoms with Gasteiger partial charge in [0.2, 0.25) is 0 Å². The van der Waals surface area contributed by atoms with Crippen molar-refractivity contribution >= 4 is 18.3 Å². The number of halogens is 1. The maximum absolute atomic E-state index is 13.4. The number of methoxy groups -OCH3 is 2. The van der Waals surface area contributed by atoms with Gasteiger partial charge < -0.3 is 29.5 Å². The Hall–Kier alpha value is -1.54. The molecular formula is C22H37ClN2O5. The smallest absolute Gasteiger partial charge is 0.254 e. The van der Waals surface area contributed by atoms with E-state index in [2.05, 4.69) is 5.32 Å². The Labute approximate surface area is 186 Å². The van der Waals surface area contributed by atoms with Crippen LogP contribution in [0.3, 0.4) is 0 Å². The number of benzene rings is 1. The number of hydrogen-bond acceptors (Lipinski definition) is 6. The fraction of sp³-hybridized carbons (Fsp3) is 0.682. The van der Waals surface area contributed by atoms with Crippen LogP contribution >= 0.6 is 12.4 Å². The van der Waals surface area contributed by atoms with Gasteiger partial charge in [0.15, 0.2) is 11.5 Å². The van der Waals surface area contributed by atoms with Gasteiger partial charge in [-0.25, -0.2) is 0 Å². The Morgan fingerprint density at radius 3 is 2.57 bits per heavy atom. The van der Waals surface area contributed by atoms with Gasteiger partial charge in [0, 0.05) is 57.0 Å². The second kappa shape index (κ2) is 13.7. The summed E-state index contributed by atoms with van der Waals surface area (Å²) in [6.07, 6.45) is 3.40. The van der Waals surface area contributed by atoms with E-state index in [1.165, 1.54) is 0 Å². The van der Waals surface area contributed by atoms with Crippen LogP contribution in [-0.2, 0) is 4.74 Å². The molecule has 7 nitrogen and oxygen atoms in total. The molecule has 1 aromatic carbocycles.